The summed E-state index contributed by atoms with van der Waals surface area (Å²) in [7, 11) is 0. The molecule has 112 valence electrons. The molecule has 0 fully saturated rings. The minimum Gasteiger partial charge on any atom is -0.377 e. The summed E-state index contributed by atoms with van der Waals surface area (Å²) < 4.78 is 1.08. The fourth-order valence-corrected chi connectivity index (χ4v) is 2.65. The van der Waals surface area contributed by atoms with Crippen molar-refractivity contribution < 1.29 is 0 Å². The summed E-state index contributed by atoms with van der Waals surface area (Å²) in [5.74, 6) is 0.682. The number of hydrogen-bond acceptors (Lipinski definition) is 2. The van der Waals surface area contributed by atoms with Crippen LogP contribution in [0.5, 0.6) is 0 Å². The van der Waals surface area contributed by atoms with Crippen molar-refractivity contribution in [1.82, 2.24) is 0 Å². The molecule has 3 heteroatoms. The van der Waals surface area contributed by atoms with Crippen molar-refractivity contribution in [3.05, 3.63) is 64.1 Å². The van der Waals surface area contributed by atoms with E-state index < -0.39 is 0 Å². The van der Waals surface area contributed by atoms with Gasteiger partial charge in [0.1, 0.15) is 0 Å². The lowest BCUT2D eigenvalue weighted by Gasteiger charge is -2.19. The fourth-order valence-electron chi connectivity index (χ4n) is 2.38. The first-order valence-electron chi connectivity index (χ1n) is 7.39. The van der Waals surface area contributed by atoms with E-state index in [0.29, 0.717) is 12.5 Å². The van der Waals surface area contributed by atoms with Crippen LogP contribution < -0.4 is 11.1 Å². The maximum absolute atomic E-state index is 5.93. The number of nitrogens with two attached hydrogens (primary N) is 1. The van der Waals surface area contributed by atoms with Crippen molar-refractivity contribution >= 4 is 21.6 Å². The second kappa shape index (κ2) is 7.62. The van der Waals surface area contributed by atoms with Crippen LogP contribution in [0.3, 0.4) is 0 Å². The Balaban J connectivity index is 2.08. The maximum atomic E-state index is 5.93. The topological polar surface area (TPSA) is 38.0 Å². The summed E-state index contributed by atoms with van der Waals surface area (Å²) in [5.41, 5.74) is 9.62. The van der Waals surface area contributed by atoms with E-state index in [9.17, 15) is 0 Å². The Morgan fingerprint density at radius 1 is 1.00 bits per heavy atom. The predicted molar refractivity (Wildman–Crippen MR) is 94.5 cm³/mol. The molecule has 0 aliphatic heterocycles. The molecule has 0 aliphatic rings. The van der Waals surface area contributed by atoms with Crippen LogP contribution in [0.2, 0.25) is 0 Å². The Kier molecular flexibility index (Phi) is 5.83. The molecule has 0 spiro atoms. The van der Waals surface area contributed by atoms with Crippen molar-refractivity contribution in [1.29, 1.82) is 0 Å². The highest BCUT2D eigenvalue weighted by molar-refractivity contribution is 9.10. The molecule has 2 aromatic carbocycles. The zero-order chi connectivity index (χ0) is 15.2. The van der Waals surface area contributed by atoms with Crippen molar-refractivity contribution in [3.63, 3.8) is 0 Å². The van der Waals surface area contributed by atoms with Gasteiger partial charge in [0.05, 0.1) is 6.04 Å². The SMILES string of the molecule is CC(C)Cc1ccc(C(CN)Nc2ccc(Br)cc2)cc1. The van der Waals surface area contributed by atoms with Gasteiger partial charge < -0.3 is 11.1 Å². The van der Waals surface area contributed by atoms with Gasteiger partial charge >= 0.3 is 0 Å². The highest BCUT2D eigenvalue weighted by atomic mass is 79.9. The van der Waals surface area contributed by atoms with Crippen LogP contribution >= 0.6 is 15.9 Å². The minimum atomic E-state index is 0.138. The fraction of sp³-hybridized carbons (Fsp3) is 0.333. The third kappa shape index (κ3) is 4.87. The van der Waals surface area contributed by atoms with Gasteiger partial charge in [-0.2, -0.15) is 0 Å². The summed E-state index contributed by atoms with van der Waals surface area (Å²) in [4.78, 5) is 0. The molecule has 0 heterocycles. The summed E-state index contributed by atoms with van der Waals surface area (Å²) >= 11 is 3.45. The Bertz CT molecular complexity index is 546. The van der Waals surface area contributed by atoms with Crippen LogP contribution in [0.15, 0.2) is 53.0 Å². The van der Waals surface area contributed by atoms with E-state index in [4.69, 9.17) is 5.73 Å². The number of rotatable bonds is 6. The van der Waals surface area contributed by atoms with Gasteiger partial charge in [-0.3, -0.25) is 0 Å². The van der Waals surface area contributed by atoms with Gasteiger partial charge in [0.25, 0.3) is 0 Å². The zero-order valence-corrected chi connectivity index (χ0v) is 14.2. The van der Waals surface area contributed by atoms with Gasteiger partial charge in [-0.15, -0.1) is 0 Å². The van der Waals surface area contributed by atoms with Gasteiger partial charge in [-0.05, 0) is 47.7 Å². The Hall–Kier alpha value is -1.32. The van der Waals surface area contributed by atoms with E-state index in [-0.39, 0.29) is 6.04 Å². The molecule has 0 bridgehead atoms. The zero-order valence-electron chi connectivity index (χ0n) is 12.6. The van der Waals surface area contributed by atoms with Gasteiger partial charge in [-0.1, -0.05) is 54.0 Å². The molecule has 1 unspecified atom stereocenters. The predicted octanol–water partition coefficient (Wildman–Crippen LogP) is 4.76. The Labute approximate surface area is 135 Å². The van der Waals surface area contributed by atoms with Crippen LogP contribution in [0.1, 0.15) is 31.0 Å². The largest absolute Gasteiger partial charge is 0.377 e. The summed E-state index contributed by atoms with van der Waals surface area (Å²) in [6.07, 6.45) is 1.12. The molecule has 0 saturated carbocycles. The number of nitrogens with one attached hydrogen (secondary N) is 1. The van der Waals surface area contributed by atoms with Crippen LogP contribution in [-0.2, 0) is 6.42 Å². The van der Waals surface area contributed by atoms with Crippen LogP contribution in [0, 0.1) is 5.92 Å². The van der Waals surface area contributed by atoms with Gasteiger partial charge in [0.2, 0.25) is 0 Å². The first-order chi connectivity index (χ1) is 10.1. The lowest BCUT2D eigenvalue weighted by atomic mass is 9.99. The van der Waals surface area contributed by atoms with Crippen molar-refractivity contribution in [2.24, 2.45) is 11.7 Å². The molecule has 0 aliphatic carbocycles. The highest BCUT2D eigenvalue weighted by Crippen LogP contribution is 2.21. The molecule has 2 rings (SSSR count). The maximum Gasteiger partial charge on any atom is 0.0636 e. The van der Waals surface area contributed by atoms with E-state index in [1.165, 1.54) is 11.1 Å². The molecular formula is C18H23BrN2. The van der Waals surface area contributed by atoms with E-state index in [1.807, 2.05) is 12.1 Å². The Morgan fingerprint density at radius 2 is 1.62 bits per heavy atom. The first-order valence-corrected chi connectivity index (χ1v) is 8.19. The quantitative estimate of drug-likeness (QED) is 0.791. The third-order valence-electron chi connectivity index (χ3n) is 3.45. The molecule has 0 radical (unpaired) electrons. The number of halogens is 1. The smallest absolute Gasteiger partial charge is 0.0636 e. The second-order valence-electron chi connectivity index (χ2n) is 5.78. The molecule has 0 aromatic heterocycles. The van der Waals surface area contributed by atoms with E-state index >= 15 is 0 Å². The van der Waals surface area contributed by atoms with E-state index in [2.05, 4.69) is 71.5 Å². The average molecular weight is 347 g/mol. The standard InChI is InChI=1S/C18H23BrN2/c1-13(2)11-14-3-5-15(6-4-14)18(12-20)21-17-9-7-16(19)8-10-17/h3-10,13,18,21H,11-12,20H2,1-2H3. The molecule has 2 nitrogen and oxygen atoms in total. The first kappa shape index (κ1) is 16.1. The minimum absolute atomic E-state index is 0.138. The lowest BCUT2D eigenvalue weighted by Crippen LogP contribution is -2.20. The number of hydrogen-bond donors (Lipinski definition) is 2. The van der Waals surface area contributed by atoms with Crippen molar-refractivity contribution in [3.8, 4) is 0 Å². The van der Waals surface area contributed by atoms with Crippen molar-refractivity contribution in [2.45, 2.75) is 26.3 Å². The van der Waals surface area contributed by atoms with Crippen LogP contribution in [-0.4, -0.2) is 6.54 Å². The summed E-state index contributed by atoms with van der Waals surface area (Å²) in [5, 5.41) is 3.49. The molecule has 3 N–H and O–H groups in total. The number of benzene rings is 2. The Morgan fingerprint density at radius 3 is 2.14 bits per heavy atom. The molecule has 2 aromatic rings. The highest BCUT2D eigenvalue weighted by Gasteiger charge is 2.09. The molecule has 0 saturated heterocycles. The second-order valence-corrected chi connectivity index (χ2v) is 6.69. The molecule has 1 atom stereocenters. The third-order valence-corrected chi connectivity index (χ3v) is 3.98. The summed E-state index contributed by atoms with van der Waals surface area (Å²) in [6, 6.07) is 17.1. The van der Waals surface area contributed by atoms with E-state index in [0.717, 1.165) is 16.6 Å². The average Bonchev–Trinajstić information content (AvgIpc) is 2.47. The molecule has 0 amide bonds. The molecule has 21 heavy (non-hydrogen) atoms. The van der Waals surface area contributed by atoms with Gasteiger partial charge in [0.15, 0.2) is 0 Å². The van der Waals surface area contributed by atoms with Crippen LogP contribution in [0.4, 0.5) is 5.69 Å². The monoisotopic (exact) mass is 346 g/mol. The van der Waals surface area contributed by atoms with E-state index in [1.54, 1.807) is 0 Å². The normalized spacial score (nSPS) is 12.4. The van der Waals surface area contributed by atoms with Gasteiger partial charge in [0, 0.05) is 16.7 Å². The van der Waals surface area contributed by atoms with Crippen molar-refractivity contribution in [2.75, 3.05) is 11.9 Å². The van der Waals surface area contributed by atoms with Crippen LogP contribution in [0.25, 0.3) is 0 Å². The number of anilines is 1. The van der Waals surface area contributed by atoms with Gasteiger partial charge in [-0.25, -0.2) is 0 Å². The molecular weight excluding hydrogens is 324 g/mol. The summed E-state index contributed by atoms with van der Waals surface area (Å²) in [6.45, 7) is 5.05. The lowest BCUT2D eigenvalue weighted by molar-refractivity contribution is 0.647.